The lowest BCUT2D eigenvalue weighted by Crippen LogP contribution is -2.73. The molecule has 4 aliphatic carbocycles. The Morgan fingerprint density at radius 3 is 2.59 bits per heavy atom. The van der Waals surface area contributed by atoms with Crippen LogP contribution >= 0.6 is 11.8 Å². The number of rotatable bonds is 6. The fourth-order valence-electron chi connectivity index (χ4n) is 9.07. The van der Waals surface area contributed by atoms with Crippen molar-refractivity contribution in [3.05, 3.63) is 11.6 Å². The number of hydrogen-bond donors (Lipinski definition) is 1. The Labute approximate surface area is 231 Å². The molecular weight excluding hydrogens is 530 g/mol. The average molecular weight is 569 g/mol. The summed E-state index contributed by atoms with van der Waals surface area (Å²) in [6.07, 6.45) is 0.425. The fraction of sp³-hybridized carbons (Fsp3) is 0.828. The maximum Gasteiger partial charge on any atom is 0.319 e. The van der Waals surface area contributed by atoms with Gasteiger partial charge < -0.3 is 19.3 Å². The average Bonchev–Trinajstić information content (AvgIpc) is 3.42. The van der Waals surface area contributed by atoms with Crippen LogP contribution < -0.4 is 0 Å². The third-order valence-corrected chi connectivity index (χ3v) is 12.2. The van der Waals surface area contributed by atoms with E-state index in [0.717, 1.165) is 6.42 Å². The minimum Gasteiger partial charge on any atom is -0.465 e. The number of aliphatic hydroxyl groups excluding tert-OH is 1. The predicted molar refractivity (Wildman–Crippen MR) is 138 cm³/mol. The number of aliphatic hydroxyl groups is 1. The van der Waals surface area contributed by atoms with Crippen LogP contribution in [0.4, 0.5) is 8.78 Å². The summed E-state index contributed by atoms with van der Waals surface area (Å²) < 4.78 is 50.4. The topological polar surface area (TPSA) is 99.1 Å². The highest BCUT2D eigenvalue weighted by molar-refractivity contribution is 8.01. The molecule has 2 aliphatic heterocycles. The van der Waals surface area contributed by atoms with Gasteiger partial charge in [0.15, 0.2) is 6.29 Å². The van der Waals surface area contributed by atoms with E-state index in [1.807, 2.05) is 13.8 Å². The third kappa shape index (κ3) is 3.79. The molecule has 0 amide bonds. The lowest BCUT2D eigenvalue weighted by molar-refractivity contribution is -0.439. The molecule has 2 heterocycles. The Balaban J connectivity index is 1.27. The van der Waals surface area contributed by atoms with Gasteiger partial charge in [-0.15, -0.1) is 11.8 Å². The van der Waals surface area contributed by atoms with E-state index in [1.54, 1.807) is 6.92 Å². The molecule has 0 aromatic rings. The number of esters is 1. The first-order valence-corrected chi connectivity index (χ1v) is 15.4. The van der Waals surface area contributed by atoms with Crippen LogP contribution in [0.15, 0.2) is 11.6 Å². The first-order valence-electron chi connectivity index (χ1n) is 14.3. The Bertz CT molecular complexity index is 1110. The molecule has 0 aromatic heterocycles. The van der Waals surface area contributed by atoms with E-state index < -0.39 is 58.5 Å². The molecule has 1 N–H and O–H groups in total. The molecule has 0 radical (unpaired) electrons. The maximum absolute atomic E-state index is 17.7. The summed E-state index contributed by atoms with van der Waals surface area (Å²) in [5.41, 5.74) is -4.32. The van der Waals surface area contributed by atoms with E-state index in [-0.39, 0.29) is 53.5 Å². The Kier molecular flexibility index (Phi) is 6.65. The number of ether oxygens (including phenoxy) is 3. The van der Waals surface area contributed by atoms with Crippen LogP contribution in [0.3, 0.4) is 0 Å². The zero-order valence-corrected chi connectivity index (χ0v) is 23.6. The summed E-state index contributed by atoms with van der Waals surface area (Å²) in [6.45, 7) is 5.87. The number of Topliss-reactive ketones (excluding diaryl/α,β-unsaturated/α-hetero) is 1. The Morgan fingerprint density at radius 1 is 1.18 bits per heavy atom. The van der Waals surface area contributed by atoms with Crippen molar-refractivity contribution < 1.29 is 42.5 Å². The van der Waals surface area contributed by atoms with Gasteiger partial charge in [-0.3, -0.25) is 14.4 Å². The van der Waals surface area contributed by atoms with Crippen LogP contribution in [0.25, 0.3) is 0 Å². The quantitative estimate of drug-likeness (QED) is 0.475. The minimum absolute atomic E-state index is 0.0110. The van der Waals surface area contributed by atoms with Gasteiger partial charge in [-0.2, -0.15) is 0 Å². The maximum atomic E-state index is 17.7. The van der Waals surface area contributed by atoms with Gasteiger partial charge in [-0.1, -0.05) is 27.2 Å². The summed E-state index contributed by atoms with van der Waals surface area (Å²) in [5, 5.41) is 11.2. The van der Waals surface area contributed by atoms with E-state index in [4.69, 9.17) is 14.2 Å². The second-order valence-electron chi connectivity index (χ2n) is 12.9. The molecule has 5 fully saturated rings. The summed E-state index contributed by atoms with van der Waals surface area (Å²) in [6, 6.07) is 0. The molecular formula is C29H38F2O7S. The summed E-state index contributed by atoms with van der Waals surface area (Å²) in [7, 11) is 0. The molecule has 0 bridgehead atoms. The van der Waals surface area contributed by atoms with Crippen molar-refractivity contribution in [3.63, 3.8) is 0 Å². The zero-order valence-electron chi connectivity index (χ0n) is 22.8. The lowest BCUT2D eigenvalue weighted by Gasteiger charge is -2.65. The van der Waals surface area contributed by atoms with E-state index >= 15 is 8.78 Å². The second-order valence-corrected chi connectivity index (χ2v) is 14.1. The summed E-state index contributed by atoms with van der Waals surface area (Å²) in [4.78, 5) is 38.3. The molecule has 0 aromatic carbocycles. The Hall–Kier alpha value is -1.36. The van der Waals surface area contributed by atoms with Crippen molar-refractivity contribution in [2.45, 2.75) is 107 Å². The van der Waals surface area contributed by atoms with Crippen molar-refractivity contribution in [2.24, 2.45) is 28.6 Å². The van der Waals surface area contributed by atoms with Crippen LogP contribution in [0.5, 0.6) is 0 Å². The van der Waals surface area contributed by atoms with Gasteiger partial charge in [-0.05, 0) is 55.1 Å². The summed E-state index contributed by atoms with van der Waals surface area (Å²) >= 11 is 1.29. The normalized spacial score (nSPS) is 50.5. The molecule has 6 aliphatic rings. The molecule has 9 atom stereocenters. The number of carbonyl (C=O) groups excluding carboxylic acids is 3. The number of halogens is 2. The van der Waals surface area contributed by atoms with Crippen molar-refractivity contribution in [3.8, 4) is 0 Å². The smallest absolute Gasteiger partial charge is 0.319 e. The van der Waals surface area contributed by atoms with Gasteiger partial charge >= 0.3 is 5.97 Å². The van der Waals surface area contributed by atoms with Crippen LogP contribution in [0.1, 0.15) is 72.1 Å². The van der Waals surface area contributed by atoms with Gasteiger partial charge in [-0.25, -0.2) is 8.78 Å². The SMILES string of the molecule is CCCC1OC2(C[C@@]3(C)C(=CC2=O)[C@@H](F)C[C@H]2[C@@H]4CC[C@@H](C(=O)CS[C@@H]5CCOC5=O)[C@@]4(C)C[C@H](O)[C@@]23F)O1. The highest BCUT2D eigenvalue weighted by Gasteiger charge is 2.75. The van der Waals surface area contributed by atoms with Crippen LogP contribution in [-0.4, -0.2) is 70.3 Å². The van der Waals surface area contributed by atoms with Crippen LogP contribution in [-0.2, 0) is 28.6 Å². The van der Waals surface area contributed by atoms with Crippen molar-refractivity contribution in [1.29, 1.82) is 0 Å². The monoisotopic (exact) mass is 568 g/mol. The molecule has 216 valence electrons. The van der Waals surface area contributed by atoms with Crippen LogP contribution in [0.2, 0.25) is 0 Å². The minimum atomic E-state index is -2.21. The molecule has 6 rings (SSSR count). The van der Waals surface area contributed by atoms with E-state index in [9.17, 15) is 19.5 Å². The van der Waals surface area contributed by atoms with Gasteiger partial charge in [0.2, 0.25) is 11.6 Å². The number of thioether (sulfide) groups is 1. The number of alkyl halides is 2. The van der Waals surface area contributed by atoms with Gasteiger partial charge in [0.1, 0.15) is 22.9 Å². The number of ketones is 2. The molecule has 3 saturated carbocycles. The van der Waals surface area contributed by atoms with E-state index in [2.05, 4.69) is 0 Å². The summed E-state index contributed by atoms with van der Waals surface area (Å²) in [5.74, 6) is -3.83. The fourth-order valence-corrected chi connectivity index (χ4v) is 10.1. The van der Waals surface area contributed by atoms with Gasteiger partial charge in [0.25, 0.3) is 0 Å². The molecule has 2 saturated heterocycles. The Morgan fingerprint density at radius 2 is 1.92 bits per heavy atom. The molecule has 0 unspecified atom stereocenters. The zero-order chi connectivity index (χ0) is 28.0. The van der Waals surface area contributed by atoms with Gasteiger partial charge in [0.05, 0.1) is 18.5 Å². The number of hydrogen-bond acceptors (Lipinski definition) is 8. The molecule has 39 heavy (non-hydrogen) atoms. The van der Waals surface area contributed by atoms with Crippen molar-refractivity contribution in [2.75, 3.05) is 12.4 Å². The largest absolute Gasteiger partial charge is 0.465 e. The van der Waals surface area contributed by atoms with Gasteiger partial charge in [0, 0.05) is 30.1 Å². The highest BCUT2D eigenvalue weighted by atomic mass is 32.2. The molecule has 1 spiro atoms. The standard InChI is InChI=1S/C29H38F2O7S/c1-4-5-24-37-28(38-24)14-27(3)18(11-22(28)33)19(30)10-17-15-6-7-16(26(15,2)12-23(34)29(17,27)31)20(32)13-39-21-8-9-36-25(21)35/h11,15-17,19,21,23-24,34H,4-10,12-14H2,1-3H3/t15-,16-,17-,19-,21+,23-,24?,26-,27-,28?,29-/m0/s1. The molecule has 7 nitrogen and oxygen atoms in total. The predicted octanol–water partition coefficient (Wildman–Crippen LogP) is 4.24. The highest BCUT2D eigenvalue weighted by Crippen LogP contribution is 2.71. The van der Waals surface area contributed by atoms with E-state index in [1.165, 1.54) is 17.8 Å². The lowest BCUT2D eigenvalue weighted by atomic mass is 9.43. The van der Waals surface area contributed by atoms with Crippen molar-refractivity contribution >= 4 is 29.3 Å². The van der Waals surface area contributed by atoms with Crippen LogP contribution in [0, 0.1) is 28.6 Å². The first kappa shape index (κ1) is 27.8. The third-order valence-electron chi connectivity index (χ3n) is 11.0. The number of cyclic esters (lactones) is 1. The molecule has 10 heteroatoms. The number of carbonyl (C=O) groups is 3. The van der Waals surface area contributed by atoms with E-state index in [0.29, 0.717) is 32.3 Å². The number of allylic oxidation sites excluding steroid dienone is 1. The first-order chi connectivity index (χ1) is 18.4. The second kappa shape index (κ2) is 9.33. The van der Waals surface area contributed by atoms with Crippen molar-refractivity contribution in [1.82, 2.24) is 0 Å². The number of fused-ring (bicyclic) bond motifs is 5.